The van der Waals surface area contributed by atoms with E-state index >= 15 is 0 Å². The van der Waals surface area contributed by atoms with E-state index in [0.717, 1.165) is 0 Å². The quantitative estimate of drug-likeness (QED) is 0.119. The fraction of sp³-hybridized carbons (Fsp3) is 0. The molecule has 0 amide bonds. The summed E-state index contributed by atoms with van der Waals surface area (Å²) in [6, 6.07) is 77.9. The van der Waals surface area contributed by atoms with Crippen molar-refractivity contribution in [3.8, 4) is 27.9 Å². The fourth-order valence-electron chi connectivity index (χ4n) is 7.84. The van der Waals surface area contributed by atoms with Gasteiger partial charge < -0.3 is 4.57 Å². The van der Waals surface area contributed by atoms with Crippen LogP contribution < -0.4 is 20.7 Å². The van der Waals surface area contributed by atoms with Gasteiger partial charge >= 0.3 is 0 Å². The zero-order valence-electron chi connectivity index (χ0n) is 27.7. The van der Waals surface area contributed by atoms with E-state index in [0.29, 0.717) is 0 Å². The van der Waals surface area contributed by atoms with Crippen molar-refractivity contribution in [3.05, 3.63) is 212 Å². The predicted molar refractivity (Wildman–Crippen MR) is 215 cm³/mol. The predicted octanol–water partition coefficient (Wildman–Crippen LogP) is 9.50. The zero-order chi connectivity index (χ0) is 33.3. The monoisotopic (exact) mass is 653 g/mol. The lowest BCUT2D eigenvalue weighted by Gasteiger charge is -2.34. The Morgan fingerprint density at radius 3 is 0.960 bits per heavy atom. The van der Waals surface area contributed by atoms with E-state index in [1.807, 2.05) is 0 Å². The molecule has 0 bridgehead atoms. The molecule has 0 saturated carbocycles. The van der Waals surface area contributed by atoms with Gasteiger partial charge in [-0.2, -0.15) is 0 Å². The van der Waals surface area contributed by atoms with Crippen molar-refractivity contribution in [2.45, 2.75) is 0 Å². The van der Waals surface area contributed by atoms with Crippen LogP contribution in [0.4, 0.5) is 0 Å². The molecule has 0 fully saturated rings. The molecule has 9 aromatic rings. The second kappa shape index (κ2) is 12.7. The summed E-state index contributed by atoms with van der Waals surface area (Å²) < 4.78 is 2.37. The lowest BCUT2D eigenvalue weighted by atomic mass is 10.0. The second-order valence-electron chi connectivity index (χ2n) is 12.9. The maximum absolute atomic E-state index is 2.53. The molecule has 0 aliphatic carbocycles. The molecule has 0 radical (unpaired) electrons. The molecular weight excluding hydrogens is 619 g/mol. The summed E-state index contributed by atoms with van der Waals surface area (Å²) in [6.45, 7) is 0. The van der Waals surface area contributed by atoms with Crippen molar-refractivity contribution in [1.82, 2.24) is 4.57 Å². The molecule has 1 aromatic heterocycles. The van der Waals surface area contributed by atoms with E-state index in [2.05, 4.69) is 217 Å². The first-order valence-corrected chi connectivity index (χ1v) is 19.3. The van der Waals surface area contributed by atoms with Crippen LogP contribution in [-0.2, 0) is 0 Å². The number of rotatable bonds is 7. The Balaban J connectivity index is 1.05. The van der Waals surface area contributed by atoms with Crippen LogP contribution in [0.3, 0.4) is 0 Å². The lowest BCUT2D eigenvalue weighted by Crippen LogP contribution is -2.74. The summed E-state index contributed by atoms with van der Waals surface area (Å²) in [7, 11) is -2.53. The Hall–Kier alpha value is -6.22. The van der Waals surface area contributed by atoms with Crippen LogP contribution in [0.5, 0.6) is 0 Å². The summed E-state index contributed by atoms with van der Waals surface area (Å²) in [5.41, 5.74) is 8.49. The third-order valence-electron chi connectivity index (χ3n) is 10.2. The van der Waals surface area contributed by atoms with Crippen LogP contribution in [0.25, 0.3) is 49.7 Å². The Morgan fingerprint density at radius 1 is 0.260 bits per heavy atom. The molecule has 2 heteroatoms. The molecule has 0 aliphatic heterocycles. The van der Waals surface area contributed by atoms with Gasteiger partial charge in [-0.15, -0.1) is 0 Å². The number of fused-ring (bicyclic) bond motifs is 3. The molecule has 8 aromatic carbocycles. The van der Waals surface area contributed by atoms with Gasteiger partial charge in [-0.3, -0.25) is 0 Å². The fourth-order valence-corrected chi connectivity index (χ4v) is 12.6. The SMILES string of the molecule is c1ccc([Si](c2ccccc2)(c2ccccc2)c2ccc(-c3ccc(-c4ccc(-n5c6ccccc6c6ccccc65)cc4)cc3)cc2)cc1. The molecule has 0 saturated heterocycles. The Kier molecular flexibility index (Phi) is 7.57. The molecule has 1 heterocycles. The molecular formula is C48H35NSi. The van der Waals surface area contributed by atoms with Gasteiger partial charge in [0.2, 0.25) is 0 Å². The number of aromatic nitrogens is 1. The minimum Gasteiger partial charge on any atom is -0.309 e. The third-order valence-corrected chi connectivity index (χ3v) is 15.0. The van der Waals surface area contributed by atoms with E-state index in [9.17, 15) is 0 Å². The minimum atomic E-state index is -2.53. The first-order chi connectivity index (χ1) is 24.8. The van der Waals surface area contributed by atoms with Crippen molar-refractivity contribution in [3.63, 3.8) is 0 Å². The average Bonchev–Trinajstić information content (AvgIpc) is 3.54. The standard InChI is InChI=1S/C48H35NSi/c1-4-14-41(15-5-1)50(42-16-6-2-7-17-42,43-18-8-3-9-19-43)44-34-30-39(31-35-44)37-26-24-36(25-27-37)38-28-32-40(33-29-38)49-47-22-12-10-20-45(47)46-21-11-13-23-48(46)49/h1-35H. The summed E-state index contributed by atoms with van der Waals surface area (Å²) in [6.07, 6.45) is 0. The number of benzene rings is 8. The van der Waals surface area contributed by atoms with Gasteiger partial charge in [-0.25, -0.2) is 0 Å². The number of para-hydroxylation sites is 2. The van der Waals surface area contributed by atoms with Crippen molar-refractivity contribution in [1.29, 1.82) is 0 Å². The van der Waals surface area contributed by atoms with Gasteiger partial charge in [0.1, 0.15) is 0 Å². The van der Waals surface area contributed by atoms with Gasteiger partial charge in [0.15, 0.2) is 8.07 Å². The van der Waals surface area contributed by atoms with Crippen LogP contribution in [-0.4, -0.2) is 12.6 Å². The van der Waals surface area contributed by atoms with Crippen molar-refractivity contribution < 1.29 is 0 Å². The number of hydrogen-bond donors (Lipinski definition) is 0. The van der Waals surface area contributed by atoms with Gasteiger partial charge in [0, 0.05) is 16.5 Å². The minimum absolute atomic E-state index is 1.17. The smallest absolute Gasteiger partial charge is 0.179 e. The van der Waals surface area contributed by atoms with Crippen LogP contribution in [0, 0.1) is 0 Å². The summed E-state index contributed by atoms with van der Waals surface area (Å²) >= 11 is 0. The molecule has 236 valence electrons. The maximum atomic E-state index is 2.37. The lowest BCUT2D eigenvalue weighted by molar-refractivity contribution is 1.18. The Labute approximate surface area is 294 Å². The molecule has 9 rings (SSSR count). The zero-order valence-corrected chi connectivity index (χ0v) is 28.7. The molecule has 0 unspecified atom stereocenters. The average molecular weight is 654 g/mol. The molecule has 50 heavy (non-hydrogen) atoms. The third kappa shape index (κ3) is 5.01. The highest BCUT2D eigenvalue weighted by atomic mass is 28.3. The van der Waals surface area contributed by atoms with Crippen LogP contribution in [0.1, 0.15) is 0 Å². The van der Waals surface area contributed by atoms with Crippen LogP contribution in [0.2, 0.25) is 0 Å². The van der Waals surface area contributed by atoms with E-state index in [4.69, 9.17) is 0 Å². The van der Waals surface area contributed by atoms with Crippen LogP contribution >= 0.6 is 0 Å². The highest BCUT2D eigenvalue weighted by Crippen LogP contribution is 2.33. The molecule has 1 nitrogen and oxygen atoms in total. The second-order valence-corrected chi connectivity index (χ2v) is 16.7. The largest absolute Gasteiger partial charge is 0.309 e. The highest BCUT2D eigenvalue weighted by Gasteiger charge is 2.41. The van der Waals surface area contributed by atoms with E-state index < -0.39 is 8.07 Å². The first kappa shape index (κ1) is 29.9. The maximum Gasteiger partial charge on any atom is 0.179 e. The van der Waals surface area contributed by atoms with Crippen molar-refractivity contribution >= 4 is 50.6 Å². The van der Waals surface area contributed by atoms with Crippen molar-refractivity contribution in [2.75, 3.05) is 0 Å². The Bertz CT molecular complexity index is 2380. The van der Waals surface area contributed by atoms with Gasteiger partial charge in [0.05, 0.1) is 11.0 Å². The summed E-state index contributed by atoms with van der Waals surface area (Å²) in [4.78, 5) is 0. The molecule has 0 aliphatic rings. The summed E-state index contributed by atoms with van der Waals surface area (Å²) in [5.74, 6) is 0. The molecule has 0 N–H and O–H groups in total. The van der Waals surface area contributed by atoms with Gasteiger partial charge in [-0.05, 0) is 67.3 Å². The van der Waals surface area contributed by atoms with Gasteiger partial charge in [-0.1, -0.05) is 188 Å². The van der Waals surface area contributed by atoms with Crippen LogP contribution in [0.15, 0.2) is 212 Å². The van der Waals surface area contributed by atoms with E-state index in [1.54, 1.807) is 0 Å². The van der Waals surface area contributed by atoms with E-state index in [1.165, 1.54) is 70.5 Å². The topological polar surface area (TPSA) is 4.93 Å². The van der Waals surface area contributed by atoms with Gasteiger partial charge in [0.25, 0.3) is 0 Å². The first-order valence-electron chi connectivity index (χ1n) is 17.3. The number of nitrogens with zero attached hydrogens (tertiary/aromatic N) is 1. The van der Waals surface area contributed by atoms with E-state index in [-0.39, 0.29) is 0 Å². The molecule has 0 spiro atoms. The Morgan fingerprint density at radius 2 is 0.560 bits per heavy atom. The normalized spacial score (nSPS) is 11.6. The number of hydrogen-bond acceptors (Lipinski definition) is 0. The molecule has 0 atom stereocenters. The summed E-state index contributed by atoms with van der Waals surface area (Å²) in [5, 5.41) is 8.11. The van der Waals surface area contributed by atoms with Crippen molar-refractivity contribution in [2.24, 2.45) is 0 Å². The highest BCUT2D eigenvalue weighted by molar-refractivity contribution is 7.19.